The number of nitrogens with zero attached hydrogens (tertiary/aromatic N) is 3. The monoisotopic (exact) mass is 294 g/mol. The van der Waals surface area contributed by atoms with E-state index in [1.165, 1.54) is 32.1 Å². The fourth-order valence-corrected chi connectivity index (χ4v) is 3.32. The standard InChI is InChI=1S/C16H30N4O/c1-16(8-6-5-7-9-16)15(17)14-13(21-4)12-18-20(14)11-10-19(2)3/h12,15H,5-11,17H2,1-4H3. The number of ether oxygens (including phenoxy) is 1. The molecule has 0 saturated heterocycles. The van der Waals surface area contributed by atoms with Crippen molar-refractivity contribution in [3.8, 4) is 5.75 Å². The van der Waals surface area contributed by atoms with Crippen LogP contribution in [-0.4, -0.2) is 42.4 Å². The minimum Gasteiger partial charge on any atom is -0.493 e. The van der Waals surface area contributed by atoms with Crippen LogP contribution in [0.15, 0.2) is 6.20 Å². The van der Waals surface area contributed by atoms with Crippen LogP contribution in [0.4, 0.5) is 0 Å². The maximum absolute atomic E-state index is 6.68. The van der Waals surface area contributed by atoms with Gasteiger partial charge in [-0.25, -0.2) is 0 Å². The zero-order chi connectivity index (χ0) is 15.5. The first-order chi connectivity index (χ1) is 9.98. The van der Waals surface area contributed by atoms with Crippen LogP contribution in [0.2, 0.25) is 0 Å². The summed E-state index contributed by atoms with van der Waals surface area (Å²) in [6.07, 6.45) is 8.07. The predicted octanol–water partition coefficient (Wildman–Crippen LogP) is 2.42. The van der Waals surface area contributed by atoms with Crippen molar-refractivity contribution >= 4 is 0 Å². The average Bonchev–Trinajstić information content (AvgIpc) is 2.87. The smallest absolute Gasteiger partial charge is 0.161 e. The molecular weight excluding hydrogens is 264 g/mol. The van der Waals surface area contributed by atoms with Crippen LogP contribution in [0, 0.1) is 5.41 Å². The van der Waals surface area contributed by atoms with Gasteiger partial charge in [-0.1, -0.05) is 26.2 Å². The third kappa shape index (κ3) is 3.58. The maximum atomic E-state index is 6.68. The molecule has 0 aliphatic heterocycles. The van der Waals surface area contributed by atoms with Gasteiger partial charge in [0, 0.05) is 6.54 Å². The third-order valence-corrected chi connectivity index (χ3v) is 4.87. The van der Waals surface area contributed by atoms with Gasteiger partial charge in [0.15, 0.2) is 5.75 Å². The van der Waals surface area contributed by atoms with Gasteiger partial charge in [-0.15, -0.1) is 0 Å². The van der Waals surface area contributed by atoms with Crippen molar-refractivity contribution in [1.82, 2.24) is 14.7 Å². The average molecular weight is 294 g/mol. The van der Waals surface area contributed by atoms with E-state index in [9.17, 15) is 0 Å². The quantitative estimate of drug-likeness (QED) is 0.875. The molecule has 0 aromatic carbocycles. The molecule has 0 bridgehead atoms. The summed E-state index contributed by atoms with van der Waals surface area (Å²) in [6.45, 7) is 4.11. The Kier molecular flexibility index (Phi) is 5.27. The second kappa shape index (κ2) is 6.79. The maximum Gasteiger partial charge on any atom is 0.161 e. The van der Waals surface area contributed by atoms with Crippen molar-refractivity contribution in [1.29, 1.82) is 0 Å². The Morgan fingerprint density at radius 1 is 1.38 bits per heavy atom. The van der Waals surface area contributed by atoms with Crippen LogP contribution in [0.25, 0.3) is 0 Å². The van der Waals surface area contributed by atoms with Gasteiger partial charge in [0.05, 0.1) is 31.6 Å². The summed E-state index contributed by atoms with van der Waals surface area (Å²) in [4.78, 5) is 2.16. The van der Waals surface area contributed by atoms with Crippen LogP contribution in [0.5, 0.6) is 5.75 Å². The zero-order valence-electron chi connectivity index (χ0n) is 13.9. The zero-order valence-corrected chi connectivity index (χ0v) is 13.9. The van der Waals surface area contributed by atoms with E-state index in [2.05, 4.69) is 31.0 Å². The molecular formula is C16H30N4O. The van der Waals surface area contributed by atoms with E-state index in [1.54, 1.807) is 13.3 Å². The number of aromatic nitrogens is 2. The lowest BCUT2D eigenvalue weighted by Crippen LogP contribution is -2.36. The Morgan fingerprint density at radius 3 is 2.62 bits per heavy atom. The van der Waals surface area contributed by atoms with Crippen molar-refractivity contribution in [3.05, 3.63) is 11.9 Å². The highest BCUT2D eigenvalue weighted by Gasteiger charge is 2.37. The molecule has 1 atom stereocenters. The lowest BCUT2D eigenvalue weighted by molar-refractivity contribution is 0.161. The van der Waals surface area contributed by atoms with E-state index in [-0.39, 0.29) is 11.5 Å². The number of hydrogen-bond donors (Lipinski definition) is 1. The third-order valence-electron chi connectivity index (χ3n) is 4.87. The first-order valence-corrected chi connectivity index (χ1v) is 7.98. The number of hydrogen-bond acceptors (Lipinski definition) is 4. The van der Waals surface area contributed by atoms with Gasteiger partial charge in [0.2, 0.25) is 0 Å². The van der Waals surface area contributed by atoms with Crippen LogP contribution in [0.1, 0.15) is 50.8 Å². The molecule has 1 aromatic heterocycles. The SMILES string of the molecule is COc1cnn(CCN(C)C)c1C(N)C1(C)CCCCC1. The molecule has 0 radical (unpaired) electrons. The van der Waals surface area contributed by atoms with E-state index in [1.807, 2.05) is 4.68 Å². The van der Waals surface area contributed by atoms with E-state index < -0.39 is 0 Å². The molecule has 1 aliphatic rings. The minimum absolute atomic E-state index is 0.0163. The minimum atomic E-state index is -0.0163. The van der Waals surface area contributed by atoms with Crippen molar-refractivity contribution in [2.45, 2.75) is 51.6 Å². The Labute approximate surface area is 128 Å². The molecule has 5 nitrogen and oxygen atoms in total. The fraction of sp³-hybridized carbons (Fsp3) is 0.812. The highest BCUT2D eigenvalue weighted by atomic mass is 16.5. The lowest BCUT2D eigenvalue weighted by atomic mass is 9.70. The number of methoxy groups -OCH3 is 1. The summed E-state index contributed by atoms with van der Waals surface area (Å²) in [5, 5.41) is 4.49. The molecule has 1 aromatic rings. The fourth-order valence-electron chi connectivity index (χ4n) is 3.32. The molecule has 1 fully saturated rings. The summed E-state index contributed by atoms with van der Waals surface area (Å²) in [5.41, 5.74) is 7.89. The van der Waals surface area contributed by atoms with Gasteiger partial charge in [-0.05, 0) is 32.4 Å². The summed E-state index contributed by atoms with van der Waals surface area (Å²) >= 11 is 0. The number of likely N-dealkylation sites (N-methyl/N-ethyl adjacent to an activating group) is 1. The number of rotatable bonds is 6. The highest BCUT2D eigenvalue weighted by Crippen LogP contribution is 2.46. The van der Waals surface area contributed by atoms with E-state index in [4.69, 9.17) is 10.5 Å². The first-order valence-electron chi connectivity index (χ1n) is 7.98. The van der Waals surface area contributed by atoms with Crippen LogP contribution < -0.4 is 10.5 Å². The summed E-state index contributed by atoms with van der Waals surface area (Å²) in [5.74, 6) is 0.827. The summed E-state index contributed by atoms with van der Waals surface area (Å²) in [6, 6.07) is -0.0163. The summed E-state index contributed by atoms with van der Waals surface area (Å²) in [7, 11) is 5.85. The van der Waals surface area contributed by atoms with Crippen LogP contribution in [0.3, 0.4) is 0 Å². The van der Waals surface area contributed by atoms with E-state index in [0.29, 0.717) is 0 Å². The topological polar surface area (TPSA) is 56.3 Å². The van der Waals surface area contributed by atoms with Crippen molar-refractivity contribution in [2.24, 2.45) is 11.1 Å². The lowest BCUT2D eigenvalue weighted by Gasteiger charge is -2.39. The van der Waals surface area contributed by atoms with Crippen molar-refractivity contribution in [3.63, 3.8) is 0 Å². The largest absolute Gasteiger partial charge is 0.493 e. The molecule has 120 valence electrons. The Bertz CT molecular complexity index is 449. The molecule has 1 saturated carbocycles. The Hall–Kier alpha value is -1.07. The van der Waals surface area contributed by atoms with E-state index in [0.717, 1.165) is 24.5 Å². The van der Waals surface area contributed by atoms with Crippen LogP contribution >= 0.6 is 0 Å². The van der Waals surface area contributed by atoms with Crippen molar-refractivity contribution in [2.75, 3.05) is 27.7 Å². The van der Waals surface area contributed by atoms with Gasteiger partial charge in [-0.2, -0.15) is 5.10 Å². The van der Waals surface area contributed by atoms with E-state index >= 15 is 0 Å². The molecule has 2 N–H and O–H groups in total. The van der Waals surface area contributed by atoms with Gasteiger partial charge in [0.25, 0.3) is 0 Å². The van der Waals surface area contributed by atoms with Crippen molar-refractivity contribution < 1.29 is 4.74 Å². The molecule has 1 aliphatic carbocycles. The predicted molar refractivity (Wildman–Crippen MR) is 85.5 cm³/mol. The van der Waals surface area contributed by atoms with Gasteiger partial charge >= 0.3 is 0 Å². The van der Waals surface area contributed by atoms with Crippen LogP contribution in [-0.2, 0) is 6.54 Å². The van der Waals surface area contributed by atoms with Gasteiger partial charge in [0.1, 0.15) is 0 Å². The molecule has 21 heavy (non-hydrogen) atoms. The molecule has 1 unspecified atom stereocenters. The molecule has 0 spiro atoms. The van der Waals surface area contributed by atoms with Gasteiger partial charge < -0.3 is 15.4 Å². The second-order valence-electron chi connectivity index (χ2n) is 6.82. The highest BCUT2D eigenvalue weighted by molar-refractivity contribution is 5.29. The molecule has 5 heteroatoms. The Balaban J connectivity index is 2.25. The van der Waals surface area contributed by atoms with Gasteiger partial charge in [-0.3, -0.25) is 4.68 Å². The Morgan fingerprint density at radius 2 is 2.05 bits per heavy atom. The molecule has 0 amide bonds. The summed E-state index contributed by atoms with van der Waals surface area (Å²) < 4.78 is 7.54. The molecule has 1 heterocycles. The first kappa shape index (κ1) is 16.3. The normalized spacial score (nSPS) is 19.7. The number of nitrogens with two attached hydrogens (primary N) is 1. The molecule has 2 rings (SSSR count). The second-order valence-corrected chi connectivity index (χ2v) is 6.82.